The fraction of sp³-hybridized carbons (Fsp3) is 0.316. The zero-order chi connectivity index (χ0) is 15.5. The lowest BCUT2D eigenvalue weighted by molar-refractivity contribution is 0.122. The van der Waals surface area contributed by atoms with E-state index in [2.05, 4.69) is 58.5 Å². The van der Waals surface area contributed by atoms with Gasteiger partial charge in [-0.25, -0.2) is 4.98 Å². The number of imidazole rings is 1. The van der Waals surface area contributed by atoms with Crippen LogP contribution in [0.5, 0.6) is 0 Å². The topological polar surface area (TPSA) is 41.2 Å². The molecule has 118 valence electrons. The van der Waals surface area contributed by atoms with E-state index in [1.54, 1.807) is 0 Å². The number of allylic oxidation sites excluding steroid dienone is 6. The molecule has 2 aromatic rings. The maximum absolute atomic E-state index is 5.43. The van der Waals surface area contributed by atoms with E-state index in [0.29, 0.717) is 0 Å². The average molecular weight is 307 g/mol. The summed E-state index contributed by atoms with van der Waals surface area (Å²) in [6.45, 7) is 3.52. The van der Waals surface area contributed by atoms with Crippen molar-refractivity contribution in [3.63, 3.8) is 0 Å². The molecule has 0 unspecified atom stereocenters. The van der Waals surface area contributed by atoms with Gasteiger partial charge < -0.3 is 14.6 Å². The normalized spacial score (nSPS) is 20.2. The molecule has 0 atom stereocenters. The van der Waals surface area contributed by atoms with Crippen molar-refractivity contribution in [2.45, 2.75) is 12.8 Å². The Bertz CT molecular complexity index is 779. The van der Waals surface area contributed by atoms with E-state index in [4.69, 9.17) is 9.72 Å². The molecule has 1 aromatic carbocycles. The molecule has 4 heteroatoms. The molecule has 1 aromatic heterocycles. The van der Waals surface area contributed by atoms with Crippen LogP contribution in [0.15, 0.2) is 48.6 Å². The van der Waals surface area contributed by atoms with Crippen LogP contribution in [0.4, 0.5) is 5.69 Å². The highest BCUT2D eigenvalue weighted by Gasteiger charge is 2.13. The number of aromatic amines is 1. The van der Waals surface area contributed by atoms with Crippen LogP contribution in [-0.4, -0.2) is 36.3 Å². The fourth-order valence-corrected chi connectivity index (χ4v) is 3.10. The second kappa shape index (κ2) is 6.42. The van der Waals surface area contributed by atoms with Crippen LogP contribution in [0.1, 0.15) is 18.7 Å². The number of hydrogen-bond acceptors (Lipinski definition) is 3. The van der Waals surface area contributed by atoms with Gasteiger partial charge in [-0.1, -0.05) is 30.4 Å². The van der Waals surface area contributed by atoms with Gasteiger partial charge in [0, 0.05) is 18.8 Å². The van der Waals surface area contributed by atoms with Gasteiger partial charge in [0.2, 0.25) is 0 Å². The second-order valence-corrected chi connectivity index (χ2v) is 5.93. The average Bonchev–Trinajstić information content (AvgIpc) is 2.98. The van der Waals surface area contributed by atoms with Crippen LogP contribution in [0.25, 0.3) is 16.6 Å². The number of nitrogens with zero attached hydrogens (tertiary/aromatic N) is 2. The lowest BCUT2D eigenvalue weighted by Crippen LogP contribution is -2.36. The number of fused-ring (bicyclic) bond motifs is 1. The van der Waals surface area contributed by atoms with Gasteiger partial charge in [0.1, 0.15) is 5.82 Å². The molecule has 1 saturated heterocycles. The Morgan fingerprint density at radius 2 is 2.00 bits per heavy atom. The maximum Gasteiger partial charge on any atom is 0.134 e. The highest BCUT2D eigenvalue weighted by molar-refractivity contribution is 5.82. The zero-order valence-corrected chi connectivity index (χ0v) is 13.2. The molecule has 1 aliphatic heterocycles. The van der Waals surface area contributed by atoms with E-state index >= 15 is 0 Å². The first kappa shape index (κ1) is 14.3. The minimum Gasteiger partial charge on any atom is -0.378 e. The summed E-state index contributed by atoms with van der Waals surface area (Å²) in [5.41, 5.74) is 4.63. The number of morpholine rings is 1. The van der Waals surface area contributed by atoms with Crippen LogP contribution in [0, 0.1) is 0 Å². The highest BCUT2D eigenvalue weighted by atomic mass is 16.5. The summed E-state index contributed by atoms with van der Waals surface area (Å²) in [6.07, 6.45) is 12.7. The monoisotopic (exact) mass is 307 g/mol. The number of nitrogens with one attached hydrogen (secondary N) is 1. The highest BCUT2D eigenvalue weighted by Crippen LogP contribution is 2.25. The maximum atomic E-state index is 5.43. The Balaban J connectivity index is 1.65. The summed E-state index contributed by atoms with van der Waals surface area (Å²) in [7, 11) is 0. The van der Waals surface area contributed by atoms with E-state index in [0.717, 1.165) is 56.0 Å². The second-order valence-electron chi connectivity index (χ2n) is 5.93. The van der Waals surface area contributed by atoms with Gasteiger partial charge in [-0.15, -0.1) is 0 Å². The number of hydrogen-bond donors (Lipinski definition) is 1. The molecular formula is C19H21N3O. The van der Waals surface area contributed by atoms with Crippen molar-refractivity contribution in [2.75, 3.05) is 31.2 Å². The first-order valence-corrected chi connectivity index (χ1v) is 8.25. The summed E-state index contributed by atoms with van der Waals surface area (Å²) in [6, 6.07) is 6.48. The minimum absolute atomic E-state index is 0.805. The van der Waals surface area contributed by atoms with Crippen LogP contribution < -0.4 is 4.90 Å². The third kappa shape index (κ3) is 3.08. The molecule has 2 aliphatic rings. The molecule has 0 radical (unpaired) electrons. The Labute approximate surface area is 136 Å². The van der Waals surface area contributed by atoms with Gasteiger partial charge in [0.05, 0.1) is 24.2 Å². The van der Waals surface area contributed by atoms with E-state index in [9.17, 15) is 0 Å². The quantitative estimate of drug-likeness (QED) is 0.920. The van der Waals surface area contributed by atoms with Gasteiger partial charge >= 0.3 is 0 Å². The van der Waals surface area contributed by atoms with Crippen LogP contribution in [0.3, 0.4) is 0 Å². The Morgan fingerprint density at radius 1 is 1.09 bits per heavy atom. The van der Waals surface area contributed by atoms with Crippen molar-refractivity contribution in [3.8, 4) is 0 Å². The molecule has 0 saturated carbocycles. The summed E-state index contributed by atoms with van der Waals surface area (Å²) < 4.78 is 5.43. The lowest BCUT2D eigenvalue weighted by Gasteiger charge is -2.28. The van der Waals surface area contributed by atoms with Crippen molar-refractivity contribution in [1.29, 1.82) is 0 Å². The minimum atomic E-state index is 0.805. The third-order valence-electron chi connectivity index (χ3n) is 4.38. The van der Waals surface area contributed by atoms with Gasteiger partial charge in [-0.2, -0.15) is 0 Å². The number of rotatable bonds is 2. The zero-order valence-electron chi connectivity index (χ0n) is 13.2. The fourth-order valence-electron chi connectivity index (χ4n) is 3.10. The molecule has 0 spiro atoms. The van der Waals surface area contributed by atoms with Crippen molar-refractivity contribution < 1.29 is 4.74 Å². The molecular weight excluding hydrogens is 286 g/mol. The Hall–Kier alpha value is -2.33. The van der Waals surface area contributed by atoms with Crippen molar-refractivity contribution in [2.24, 2.45) is 0 Å². The van der Waals surface area contributed by atoms with E-state index in [1.165, 1.54) is 11.3 Å². The molecule has 1 aliphatic carbocycles. The number of ether oxygens (including phenoxy) is 1. The summed E-state index contributed by atoms with van der Waals surface area (Å²) in [5.74, 6) is 0.985. The predicted molar refractivity (Wildman–Crippen MR) is 94.6 cm³/mol. The third-order valence-corrected chi connectivity index (χ3v) is 4.38. The molecule has 0 bridgehead atoms. The summed E-state index contributed by atoms with van der Waals surface area (Å²) >= 11 is 0. The van der Waals surface area contributed by atoms with Gasteiger partial charge in [0.15, 0.2) is 0 Å². The first-order valence-electron chi connectivity index (χ1n) is 8.25. The van der Waals surface area contributed by atoms with E-state index in [1.807, 2.05) is 0 Å². The summed E-state index contributed by atoms with van der Waals surface area (Å²) in [4.78, 5) is 10.6. The lowest BCUT2D eigenvalue weighted by atomic mass is 10.1. The number of anilines is 1. The number of H-pyrrole nitrogens is 1. The van der Waals surface area contributed by atoms with E-state index in [-0.39, 0.29) is 0 Å². The largest absolute Gasteiger partial charge is 0.378 e. The molecule has 1 fully saturated rings. The van der Waals surface area contributed by atoms with Crippen LogP contribution >= 0.6 is 0 Å². The van der Waals surface area contributed by atoms with Crippen molar-refractivity contribution in [1.82, 2.24) is 9.97 Å². The molecule has 23 heavy (non-hydrogen) atoms. The van der Waals surface area contributed by atoms with Gasteiger partial charge in [0.25, 0.3) is 0 Å². The van der Waals surface area contributed by atoms with Crippen molar-refractivity contribution in [3.05, 3.63) is 54.4 Å². The summed E-state index contributed by atoms with van der Waals surface area (Å²) in [5, 5.41) is 0. The van der Waals surface area contributed by atoms with Gasteiger partial charge in [-0.05, 0) is 36.6 Å². The van der Waals surface area contributed by atoms with Gasteiger partial charge in [-0.3, -0.25) is 0 Å². The first-order chi connectivity index (χ1) is 11.4. The smallest absolute Gasteiger partial charge is 0.134 e. The predicted octanol–water partition coefficient (Wildman–Crippen LogP) is 3.69. The number of aromatic nitrogens is 2. The molecule has 0 amide bonds. The van der Waals surface area contributed by atoms with Crippen LogP contribution in [0.2, 0.25) is 0 Å². The SMILES string of the molecule is C1=CCCC(c2nc3ccc(N4CCOCC4)cc3[nH]2)=C/C=C\1. The standard InChI is InChI=1S/C19H21N3O/c1-2-4-6-15(7-5-3-1)19-20-17-9-8-16(14-18(17)21-19)22-10-12-23-13-11-22/h1-4,6,8-9,14H,5,7,10-13H2,(H,20,21)/b3-1?,4-2-,15-6?. The Kier molecular flexibility index (Phi) is 3.99. The molecule has 2 heterocycles. The molecule has 4 rings (SSSR count). The molecule has 1 N–H and O–H groups in total. The Morgan fingerprint density at radius 3 is 2.91 bits per heavy atom. The number of benzene rings is 1. The van der Waals surface area contributed by atoms with Crippen molar-refractivity contribution >= 4 is 22.3 Å². The van der Waals surface area contributed by atoms with E-state index < -0.39 is 0 Å². The van der Waals surface area contributed by atoms with Crippen LogP contribution in [-0.2, 0) is 4.74 Å². The molecule has 4 nitrogen and oxygen atoms in total.